The van der Waals surface area contributed by atoms with E-state index in [4.69, 9.17) is 4.74 Å². The number of aliphatic hydroxyl groups is 2. The molecule has 9 heteroatoms. The summed E-state index contributed by atoms with van der Waals surface area (Å²) < 4.78 is 5.11. The van der Waals surface area contributed by atoms with Crippen molar-refractivity contribution in [3.8, 4) is 0 Å². The van der Waals surface area contributed by atoms with Crippen LogP contribution in [0.2, 0.25) is 0 Å². The van der Waals surface area contributed by atoms with Crippen LogP contribution in [-0.2, 0) is 4.74 Å². The average Bonchev–Trinajstić information content (AvgIpc) is 2.75. The van der Waals surface area contributed by atoms with Gasteiger partial charge in [-0.15, -0.1) is 0 Å². The van der Waals surface area contributed by atoms with Crippen molar-refractivity contribution in [2.45, 2.75) is 22.2 Å². The van der Waals surface area contributed by atoms with E-state index in [2.05, 4.69) is 9.97 Å². The van der Waals surface area contributed by atoms with E-state index in [1.165, 1.54) is 6.20 Å². The van der Waals surface area contributed by atoms with Crippen LogP contribution in [-0.4, -0.2) is 47.8 Å². The van der Waals surface area contributed by atoms with Gasteiger partial charge in [0.1, 0.15) is 18.4 Å². The molecule has 1 unspecified atom stereocenters. The number of aliphatic hydroxyl groups excluding tert-OH is 2. The first-order valence-electron chi connectivity index (χ1n) is 4.82. The van der Waals surface area contributed by atoms with E-state index in [1.807, 2.05) is 22.6 Å². The topological polar surface area (TPSA) is 122 Å². The number of aromatic nitrogens is 2. The van der Waals surface area contributed by atoms with Crippen LogP contribution in [0.1, 0.15) is 11.8 Å². The highest BCUT2D eigenvalue weighted by Gasteiger charge is 2.40. The van der Waals surface area contributed by atoms with Crippen molar-refractivity contribution in [3.05, 3.63) is 22.0 Å². The number of hydrogen-bond acceptors (Lipinski definition) is 6. The van der Waals surface area contributed by atoms with Crippen LogP contribution >= 0.6 is 22.6 Å². The number of nitrogens with one attached hydrogen (secondary N) is 1. The number of nitro groups is 1. The molecule has 1 aliphatic rings. The van der Waals surface area contributed by atoms with Crippen molar-refractivity contribution in [3.63, 3.8) is 0 Å². The third-order valence-corrected chi connectivity index (χ3v) is 3.61. The molecule has 0 spiro atoms. The Hall–Kier alpha value is -0.780. The van der Waals surface area contributed by atoms with Crippen molar-refractivity contribution >= 4 is 28.5 Å². The minimum Gasteiger partial charge on any atom is -0.390 e. The summed E-state index contributed by atoms with van der Waals surface area (Å²) in [7, 11) is 0. The summed E-state index contributed by atoms with van der Waals surface area (Å²) in [5.41, 5.74) is 0.214. The molecule has 0 aromatic carbocycles. The van der Waals surface area contributed by atoms with Crippen LogP contribution < -0.4 is 0 Å². The summed E-state index contributed by atoms with van der Waals surface area (Å²) >= 11 is 1.97. The highest BCUT2D eigenvalue weighted by atomic mass is 127. The van der Waals surface area contributed by atoms with Gasteiger partial charge in [0, 0.05) is 0 Å². The summed E-state index contributed by atoms with van der Waals surface area (Å²) in [6.45, 7) is 0.254. The van der Waals surface area contributed by atoms with Gasteiger partial charge in [-0.25, -0.2) is 4.98 Å². The highest BCUT2D eigenvalue weighted by molar-refractivity contribution is 14.1. The van der Waals surface area contributed by atoms with Crippen molar-refractivity contribution in [2.24, 2.45) is 0 Å². The molecular formula is C8H10IN3O5. The molecule has 1 fully saturated rings. The minimum atomic E-state index is -1.14. The molecule has 0 bridgehead atoms. The zero-order chi connectivity index (χ0) is 12.6. The molecule has 8 nitrogen and oxygen atoms in total. The summed E-state index contributed by atoms with van der Waals surface area (Å²) in [4.78, 5) is 15.8. The van der Waals surface area contributed by atoms with Crippen molar-refractivity contribution in [1.82, 2.24) is 9.97 Å². The van der Waals surface area contributed by atoms with Gasteiger partial charge >= 0.3 is 5.95 Å². The van der Waals surface area contributed by atoms with Crippen molar-refractivity contribution in [1.29, 1.82) is 0 Å². The second-order valence-electron chi connectivity index (χ2n) is 3.66. The van der Waals surface area contributed by atoms with Gasteiger partial charge in [-0.2, -0.15) is 0 Å². The van der Waals surface area contributed by atoms with Crippen LogP contribution in [0.3, 0.4) is 0 Å². The Bertz CT molecular complexity index is 425. The Morgan fingerprint density at radius 1 is 1.59 bits per heavy atom. The Kier molecular flexibility index (Phi) is 3.61. The number of ether oxygens (including phenoxy) is 1. The number of halogens is 1. The van der Waals surface area contributed by atoms with Gasteiger partial charge in [-0.3, -0.25) is 0 Å². The lowest BCUT2D eigenvalue weighted by atomic mass is 10.0. The summed E-state index contributed by atoms with van der Waals surface area (Å²) in [6.07, 6.45) is -1.63. The molecule has 1 aliphatic heterocycles. The molecule has 94 valence electrons. The summed E-state index contributed by atoms with van der Waals surface area (Å²) in [5.74, 6) is -0.415. The zero-order valence-electron chi connectivity index (χ0n) is 8.49. The molecule has 0 aliphatic carbocycles. The van der Waals surface area contributed by atoms with E-state index >= 15 is 0 Å². The summed E-state index contributed by atoms with van der Waals surface area (Å²) in [6, 6.07) is 0. The first-order valence-corrected chi connectivity index (χ1v) is 6.06. The molecule has 0 saturated carbocycles. The number of alkyl halides is 1. The highest BCUT2D eigenvalue weighted by Crippen LogP contribution is 2.31. The van der Waals surface area contributed by atoms with Gasteiger partial charge in [0.05, 0.1) is 16.6 Å². The van der Waals surface area contributed by atoms with Crippen LogP contribution in [0.5, 0.6) is 0 Å². The van der Waals surface area contributed by atoms with E-state index in [1.54, 1.807) is 0 Å². The summed E-state index contributed by atoms with van der Waals surface area (Å²) in [5, 5.41) is 29.9. The van der Waals surface area contributed by atoms with Gasteiger partial charge in [-0.05, 0) is 4.92 Å². The van der Waals surface area contributed by atoms with Crippen molar-refractivity contribution in [2.75, 3.05) is 6.61 Å². The Morgan fingerprint density at radius 3 is 2.88 bits per heavy atom. The number of imidazole rings is 1. The monoisotopic (exact) mass is 355 g/mol. The van der Waals surface area contributed by atoms with E-state index in [9.17, 15) is 20.3 Å². The second-order valence-corrected chi connectivity index (χ2v) is 5.26. The molecule has 4 atom stereocenters. The molecule has 0 radical (unpaired) electrons. The van der Waals surface area contributed by atoms with Crippen LogP contribution in [0.15, 0.2) is 6.20 Å². The smallest absolute Gasteiger partial charge is 0.390 e. The quantitative estimate of drug-likeness (QED) is 0.295. The van der Waals surface area contributed by atoms with Crippen molar-refractivity contribution < 1.29 is 19.9 Å². The van der Waals surface area contributed by atoms with E-state index in [-0.39, 0.29) is 16.2 Å². The van der Waals surface area contributed by atoms with Gasteiger partial charge in [-0.1, -0.05) is 27.6 Å². The second kappa shape index (κ2) is 4.84. The Balaban J connectivity index is 2.19. The number of hydrogen-bond donors (Lipinski definition) is 3. The number of rotatable bonds is 2. The molecule has 1 aromatic heterocycles. The van der Waals surface area contributed by atoms with Gasteiger partial charge in [0.15, 0.2) is 5.69 Å². The lowest BCUT2D eigenvalue weighted by Gasteiger charge is -2.33. The molecule has 1 aromatic rings. The van der Waals surface area contributed by atoms with Gasteiger partial charge < -0.3 is 25.1 Å². The maximum Gasteiger partial charge on any atom is 0.432 e. The lowest BCUT2D eigenvalue weighted by Crippen LogP contribution is -2.46. The van der Waals surface area contributed by atoms with E-state index in [0.717, 1.165) is 0 Å². The normalized spacial score (nSPS) is 33.6. The predicted molar refractivity (Wildman–Crippen MR) is 63.8 cm³/mol. The Labute approximate surface area is 109 Å². The third-order valence-electron chi connectivity index (χ3n) is 2.51. The fourth-order valence-corrected chi connectivity index (χ4v) is 2.24. The van der Waals surface area contributed by atoms with E-state index in [0.29, 0.717) is 0 Å². The molecule has 1 saturated heterocycles. The van der Waals surface area contributed by atoms with Gasteiger partial charge in [0.2, 0.25) is 0 Å². The first kappa shape index (κ1) is 12.7. The predicted octanol–water partition coefficient (Wildman–Crippen LogP) is -0.0854. The zero-order valence-corrected chi connectivity index (χ0v) is 10.6. The number of H-pyrrole nitrogens is 1. The number of aromatic amines is 1. The maximum atomic E-state index is 10.5. The Morgan fingerprint density at radius 2 is 2.29 bits per heavy atom. The molecule has 0 amide bonds. The van der Waals surface area contributed by atoms with Crippen LogP contribution in [0.25, 0.3) is 0 Å². The third kappa shape index (κ3) is 2.41. The fourth-order valence-electron chi connectivity index (χ4n) is 1.61. The first-order chi connectivity index (χ1) is 8.00. The largest absolute Gasteiger partial charge is 0.432 e. The standard InChI is InChI=1S/C8H10IN3O5/c9-3-2-17-7(6(14)5(3)13)4-1-10-8(11-4)12(15)16/h1,3,5-7,13-14H,2H2,(H,10,11)/t3-,5+,6-,7?/m0/s1. The van der Waals surface area contributed by atoms with Crippen LogP contribution in [0, 0.1) is 10.1 Å². The van der Waals surface area contributed by atoms with E-state index < -0.39 is 29.2 Å². The minimum absolute atomic E-state index is 0.214. The molecule has 2 heterocycles. The fraction of sp³-hybridized carbons (Fsp3) is 0.625. The molecule has 17 heavy (non-hydrogen) atoms. The molecule has 2 rings (SSSR count). The maximum absolute atomic E-state index is 10.5. The molecule has 3 N–H and O–H groups in total. The lowest BCUT2D eigenvalue weighted by molar-refractivity contribution is -0.393. The molecular weight excluding hydrogens is 345 g/mol. The van der Waals surface area contributed by atoms with Gasteiger partial charge in [0.25, 0.3) is 0 Å². The SMILES string of the molecule is O=[N+]([O-])c1nc(C2OC[C@H](I)[C@@H](O)[C@@H]2O)c[nH]1. The number of nitrogens with zero attached hydrogens (tertiary/aromatic N) is 2. The van der Waals surface area contributed by atoms with Crippen LogP contribution in [0.4, 0.5) is 5.95 Å². The average molecular weight is 355 g/mol.